The molecule has 0 amide bonds. The number of hydrogen-bond acceptors (Lipinski definition) is 3. The summed E-state index contributed by atoms with van der Waals surface area (Å²) in [4.78, 5) is 22.7. The summed E-state index contributed by atoms with van der Waals surface area (Å²) < 4.78 is 41.7. The van der Waals surface area contributed by atoms with E-state index in [2.05, 4.69) is 0 Å². The van der Waals surface area contributed by atoms with Crippen LogP contribution in [-0.4, -0.2) is 28.8 Å². The summed E-state index contributed by atoms with van der Waals surface area (Å²) >= 11 is 0. The molecule has 1 N–H and O–H groups in total. The van der Waals surface area contributed by atoms with Crippen LogP contribution in [0.15, 0.2) is 0 Å². The van der Waals surface area contributed by atoms with Gasteiger partial charge in [-0.25, -0.2) is 0 Å². The summed E-state index contributed by atoms with van der Waals surface area (Å²) in [5.41, 5.74) is -2.40. The molecular weight excluding hydrogens is 265 g/mol. The topological polar surface area (TPSA) is 63.6 Å². The van der Waals surface area contributed by atoms with Crippen molar-refractivity contribution >= 4 is 11.9 Å². The number of carbonyl (C=O) groups excluding carboxylic acids is 1. The highest BCUT2D eigenvalue weighted by atomic mass is 19.4. The number of carboxylic acids is 1. The van der Waals surface area contributed by atoms with Crippen molar-refractivity contribution in [3.63, 3.8) is 0 Å². The molecule has 1 unspecified atom stereocenters. The third-order valence-corrected chi connectivity index (χ3v) is 3.02. The zero-order chi connectivity index (χ0) is 15.1. The average molecular weight is 282 g/mol. The number of esters is 1. The molecule has 0 heterocycles. The lowest BCUT2D eigenvalue weighted by molar-refractivity contribution is -0.163. The molecule has 1 aliphatic rings. The van der Waals surface area contributed by atoms with Gasteiger partial charge in [-0.15, -0.1) is 0 Å². The lowest BCUT2D eigenvalue weighted by Gasteiger charge is -2.21. The number of carboxylic acid groups (broad SMARTS) is 1. The number of halogens is 3. The van der Waals surface area contributed by atoms with Crippen LogP contribution < -0.4 is 0 Å². The normalized spacial score (nSPS) is 26.9. The second-order valence-electron chi connectivity index (χ2n) is 5.94. The number of aliphatic carboxylic acids is 1. The van der Waals surface area contributed by atoms with E-state index in [1.165, 1.54) is 0 Å². The second kappa shape index (κ2) is 4.68. The van der Waals surface area contributed by atoms with E-state index in [4.69, 9.17) is 9.84 Å². The van der Waals surface area contributed by atoms with Crippen LogP contribution in [0, 0.1) is 11.3 Å². The highest BCUT2D eigenvalue weighted by Crippen LogP contribution is 2.59. The van der Waals surface area contributed by atoms with Crippen LogP contribution >= 0.6 is 0 Å². The summed E-state index contributed by atoms with van der Waals surface area (Å²) in [6.45, 7) is 4.83. The van der Waals surface area contributed by atoms with E-state index in [0.29, 0.717) is 0 Å². The molecule has 0 aliphatic heterocycles. The molecule has 0 bridgehead atoms. The van der Waals surface area contributed by atoms with Gasteiger partial charge in [-0.2, -0.15) is 13.2 Å². The number of rotatable bonds is 4. The third-order valence-electron chi connectivity index (χ3n) is 3.02. The highest BCUT2D eigenvalue weighted by molar-refractivity contribution is 5.85. The van der Waals surface area contributed by atoms with Crippen LogP contribution in [0.3, 0.4) is 0 Å². The van der Waals surface area contributed by atoms with Crippen molar-refractivity contribution in [2.45, 2.75) is 51.8 Å². The Labute approximate surface area is 108 Å². The number of carbonyl (C=O) groups is 2. The fourth-order valence-corrected chi connectivity index (χ4v) is 2.12. The minimum absolute atomic E-state index is 0.138. The van der Waals surface area contributed by atoms with E-state index in [1.54, 1.807) is 20.8 Å². The van der Waals surface area contributed by atoms with Gasteiger partial charge in [-0.05, 0) is 33.1 Å². The smallest absolute Gasteiger partial charge is 0.389 e. The first-order valence-corrected chi connectivity index (χ1v) is 5.88. The maximum atomic E-state index is 12.3. The van der Waals surface area contributed by atoms with E-state index < -0.39 is 47.9 Å². The zero-order valence-electron chi connectivity index (χ0n) is 11.0. The molecule has 19 heavy (non-hydrogen) atoms. The van der Waals surface area contributed by atoms with Crippen LogP contribution in [0.25, 0.3) is 0 Å². The van der Waals surface area contributed by atoms with Crippen LogP contribution in [0.2, 0.25) is 0 Å². The van der Waals surface area contributed by atoms with Gasteiger partial charge in [0.15, 0.2) is 0 Å². The first-order chi connectivity index (χ1) is 8.36. The van der Waals surface area contributed by atoms with Gasteiger partial charge < -0.3 is 9.84 Å². The molecule has 1 rings (SSSR count). The molecule has 0 aromatic carbocycles. The van der Waals surface area contributed by atoms with Crippen molar-refractivity contribution in [3.8, 4) is 0 Å². The molecule has 110 valence electrons. The van der Waals surface area contributed by atoms with Crippen molar-refractivity contribution in [2.75, 3.05) is 0 Å². The molecule has 0 saturated heterocycles. The van der Waals surface area contributed by atoms with Crippen molar-refractivity contribution in [2.24, 2.45) is 11.3 Å². The van der Waals surface area contributed by atoms with Gasteiger partial charge in [0.1, 0.15) is 5.60 Å². The molecular formula is C12H17F3O4. The van der Waals surface area contributed by atoms with Crippen molar-refractivity contribution < 1.29 is 32.6 Å². The number of alkyl halides is 3. The first-order valence-electron chi connectivity index (χ1n) is 5.88. The second-order valence-corrected chi connectivity index (χ2v) is 5.94. The summed E-state index contributed by atoms with van der Waals surface area (Å²) in [6, 6.07) is 0. The molecule has 0 aromatic rings. The van der Waals surface area contributed by atoms with Crippen molar-refractivity contribution in [1.29, 1.82) is 0 Å². The van der Waals surface area contributed by atoms with Gasteiger partial charge in [-0.3, -0.25) is 9.59 Å². The predicted molar refractivity (Wildman–Crippen MR) is 59.3 cm³/mol. The summed E-state index contributed by atoms with van der Waals surface area (Å²) in [7, 11) is 0. The molecule has 1 aliphatic carbocycles. The van der Waals surface area contributed by atoms with Crippen LogP contribution in [-0.2, 0) is 14.3 Å². The van der Waals surface area contributed by atoms with Gasteiger partial charge in [-0.1, -0.05) is 0 Å². The molecule has 0 radical (unpaired) electrons. The van der Waals surface area contributed by atoms with Gasteiger partial charge in [0.05, 0.1) is 11.8 Å². The van der Waals surface area contributed by atoms with Crippen LogP contribution in [0.5, 0.6) is 0 Å². The maximum absolute atomic E-state index is 12.3. The quantitative estimate of drug-likeness (QED) is 0.805. The molecule has 2 atom stereocenters. The Bertz CT molecular complexity index is 383. The summed E-state index contributed by atoms with van der Waals surface area (Å²) in [6.07, 6.45) is -6.25. The fourth-order valence-electron chi connectivity index (χ4n) is 2.12. The van der Waals surface area contributed by atoms with E-state index >= 15 is 0 Å². The Hall–Kier alpha value is -1.27. The van der Waals surface area contributed by atoms with Crippen molar-refractivity contribution in [3.05, 3.63) is 0 Å². The molecule has 7 heteroatoms. The predicted octanol–water partition coefficient (Wildman–Crippen LogP) is 2.76. The molecule has 1 fully saturated rings. The maximum Gasteiger partial charge on any atom is 0.389 e. The third kappa shape index (κ3) is 4.40. The SMILES string of the molecule is CC(C)(C)OC(=O)CC1(C(=O)O)C[C@H]1CC(F)(F)F. The van der Waals surface area contributed by atoms with E-state index in [0.717, 1.165) is 0 Å². The van der Waals surface area contributed by atoms with Crippen molar-refractivity contribution in [1.82, 2.24) is 0 Å². The Morgan fingerprint density at radius 3 is 2.21 bits per heavy atom. The highest BCUT2D eigenvalue weighted by Gasteiger charge is 2.64. The average Bonchev–Trinajstić information content (AvgIpc) is 2.71. The number of hydrogen-bond donors (Lipinski definition) is 1. The summed E-state index contributed by atoms with van der Waals surface area (Å²) in [5, 5.41) is 9.04. The lowest BCUT2D eigenvalue weighted by atomic mass is 9.97. The van der Waals surface area contributed by atoms with E-state index in [-0.39, 0.29) is 6.42 Å². The molecule has 4 nitrogen and oxygen atoms in total. The Morgan fingerprint density at radius 1 is 1.32 bits per heavy atom. The van der Waals surface area contributed by atoms with E-state index in [1.807, 2.05) is 0 Å². The lowest BCUT2D eigenvalue weighted by Crippen LogP contribution is -2.29. The number of ether oxygens (including phenoxy) is 1. The largest absolute Gasteiger partial charge is 0.481 e. The van der Waals surface area contributed by atoms with E-state index in [9.17, 15) is 22.8 Å². The van der Waals surface area contributed by atoms with Crippen LogP contribution in [0.1, 0.15) is 40.0 Å². The molecule has 1 saturated carbocycles. The minimum Gasteiger partial charge on any atom is -0.481 e. The fraction of sp³-hybridized carbons (Fsp3) is 0.833. The van der Waals surface area contributed by atoms with Gasteiger partial charge in [0, 0.05) is 6.42 Å². The summed E-state index contributed by atoms with van der Waals surface area (Å²) in [5.74, 6) is -3.19. The Balaban J connectivity index is 2.67. The monoisotopic (exact) mass is 282 g/mol. The minimum atomic E-state index is -4.42. The molecule has 0 spiro atoms. The molecule has 0 aromatic heterocycles. The van der Waals surface area contributed by atoms with Gasteiger partial charge in [0.2, 0.25) is 0 Å². The zero-order valence-corrected chi connectivity index (χ0v) is 11.0. The van der Waals surface area contributed by atoms with Crippen LogP contribution in [0.4, 0.5) is 13.2 Å². The Kier molecular flexibility index (Phi) is 3.89. The standard InChI is InChI=1S/C12H17F3O4/c1-10(2,3)19-8(16)6-11(9(17)18)4-7(11)5-12(13,14)15/h7H,4-6H2,1-3H3,(H,17,18)/t7-,11?/m0/s1. The Morgan fingerprint density at radius 2 is 1.84 bits per heavy atom. The van der Waals surface area contributed by atoms with Gasteiger partial charge in [0.25, 0.3) is 0 Å². The first kappa shape index (κ1) is 15.8. The van der Waals surface area contributed by atoms with Gasteiger partial charge >= 0.3 is 18.1 Å².